The Morgan fingerprint density at radius 1 is 1.30 bits per heavy atom. The van der Waals surface area contributed by atoms with E-state index in [9.17, 15) is 4.79 Å². The van der Waals surface area contributed by atoms with Gasteiger partial charge < -0.3 is 16.0 Å². The average Bonchev–Trinajstić information content (AvgIpc) is 3.03. The Balaban J connectivity index is 0.00000261. The molecule has 0 spiro atoms. The van der Waals surface area contributed by atoms with Crippen molar-refractivity contribution in [3.8, 4) is 0 Å². The number of anilines is 1. The fourth-order valence-electron chi connectivity index (χ4n) is 3.03. The Morgan fingerprint density at radius 2 is 2.04 bits per heavy atom. The first-order valence-electron chi connectivity index (χ1n) is 8.35. The molecule has 0 aromatic heterocycles. The number of carbonyl (C=O) groups is 1. The van der Waals surface area contributed by atoms with Gasteiger partial charge in [0, 0.05) is 22.3 Å². The Kier molecular flexibility index (Phi) is 7.76. The third kappa shape index (κ3) is 5.27. The lowest BCUT2D eigenvalue weighted by molar-refractivity contribution is -0.117. The number of amides is 1. The zero-order valence-electron chi connectivity index (χ0n) is 14.8. The number of halogens is 3. The van der Waals surface area contributed by atoms with Crippen molar-refractivity contribution in [1.82, 2.24) is 5.32 Å². The molecule has 8 heteroatoms. The second-order valence-electron chi connectivity index (χ2n) is 6.16. The summed E-state index contributed by atoms with van der Waals surface area (Å²) in [4.78, 5) is 18.4. The molecule has 27 heavy (non-hydrogen) atoms. The molecule has 1 aliphatic rings. The topological polar surface area (TPSA) is 70.7 Å². The maximum atomic E-state index is 12.5. The predicted molar refractivity (Wildman–Crippen MR) is 122 cm³/mol. The maximum Gasteiger partial charge on any atom is 0.248 e. The van der Waals surface area contributed by atoms with E-state index in [1.807, 2.05) is 37.3 Å². The lowest BCUT2D eigenvalue weighted by Gasteiger charge is -2.18. The highest BCUT2D eigenvalue weighted by atomic mass is 127. The van der Waals surface area contributed by atoms with E-state index < -0.39 is 0 Å². The van der Waals surface area contributed by atoms with Gasteiger partial charge in [-0.15, -0.1) is 24.0 Å². The second-order valence-corrected chi connectivity index (χ2v) is 7.00. The number of guanidine groups is 1. The van der Waals surface area contributed by atoms with Gasteiger partial charge in [-0.25, -0.2) is 4.99 Å². The minimum atomic E-state index is -0.161. The van der Waals surface area contributed by atoms with E-state index in [0.29, 0.717) is 16.6 Å². The Hall–Kier alpha value is -1.51. The lowest BCUT2D eigenvalue weighted by Crippen LogP contribution is -2.36. The van der Waals surface area contributed by atoms with Gasteiger partial charge in [-0.1, -0.05) is 47.5 Å². The molecule has 144 valence electrons. The van der Waals surface area contributed by atoms with Crippen LogP contribution in [0.5, 0.6) is 0 Å². The van der Waals surface area contributed by atoms with Crippen LogP contribution < -0.4 is 16.0 Å². The molecular formula is C19H21Cl2IN4O. The van der Waals surface area contributed by atoms with Crippen molar-refractivity contribution in [3.63, 3.8) is 0 Å². The van der Waals surface area contributed by atoms with Crippen LogP contribution in [0.1, 0.15) is 24.1 Å². The molecule has 0 saturated carbocycles. The molecule has 0 fully saturated rings. The van der Waals surface area contributed by atoms with Gasteiger partial charge in [0.2, 0.25) is 5.91 Å². The summed E-state index contributed by atoms with van der Waals surface area (Å²) >= 11 is 12.1. The highest BCUT2D eigenvalue weighted by Gasteiger charge is 2.23. The van der Waals surface area contributed by atoms with Gasteiger partial charge in [0.15, 0.2) is 5.96 Å². The van der Waals surface area contributed by atoms with Crippen molar-refractivity contribution in [2.45, 2.75) is 19.4 Å². The molecule has 1 heterocycles. The summed E-state index contributed by atoms with van der Waals surface area (Å²) in [5.41, 5.74) is 8.93. The molecule has 0 aliphatic carbocycles. The van der Waals surface area contributed by atoms with Crippen molar-refractivity contribution in [2.75, 3.05) is 18.0 Å². The van der Waals surface area contributed by atoms with Crippen LogP contribution in [-0.4, -0.2) is 25.0 Å². The van der Waals surface area contributed by atoms with Crippen LogP contribution in [0.4, 0.5) is 5.69 Å². The van der Waals surface area contributed by atoms with E-state index in [1.54, 1.807) is 17.0 Å². The Labute approximate surface area is 185 Å². The van der Waals surface area contributed by atoms with Gasteiger partial charge in [-0.05, 0) is 42.7 Å². The van der Waals surface area contributed by atoms with Crippen molar-refractivity contribution in [2.24, 2.45) is 10.7 Å². The summed E-state index contributed by atoms with van der Waals surface area (Å²) in [6.45, 7) is 2.59. The van der Waals surface area contributed by atoms with Crippen molar-refractivity contribution < 1.29 is 4.79 Å². The maximum absolute atomic E-state index is 12.5. The number of carbonyl (C=O) groups excluding carboxylic acids is 1. The third-order valence-electron chi connectivity index (χ3n) is 4.37. The average molecular weight is 519 g/mol. The smallest absolute Gasteiger partial charge is 0.248 e. The second kappa shape index (κ2) is 9.61. The summed E-state index contributed by atoms with van der Waals surface area (Å²) < 4.78 is 0. The lowest BCUT2D eigenvalue weighted by atomic mass is 10.1. The Morgan fingerprint density at radius 3 is 2.78 bits per heavy atom. The fourth-order valence-corrected chi connectivity index (χ4v) is 3.61. The number of aliphatic imine (C=N–C) groups is 1. The number of rotatable bonds is 4. The molecule has 1 amide bonds. The van der Waals surface area contributed by atoms with Gasteiger partial charge in [0.05, 0.1) is 6.04 Å². The van der Waals surface area contributed by atoms with Gasteiger partial charge in [0.25, 0.3) is 0 Å². The molecule has 1 aliphatic heterocycles. The summed E-state index contributed by atoms with van der Waals surface area (Å²) in [7, 11) is 0. The molecule has 3 rings (SSSR count). The molecule has 5 nitrogen and oxygen atoms in total. The molecule has 3 N–H and O–H groups in total. The SMILES string of the molecule is CC(NC(N)=NCC(=O)N1CCc2ccccc21)c1ccc(Cl)cc1Cl.I. The fraction of sp³-hybridized carbons (Fsp3) is 0.263. The first-order chi connectivity index (χ1) is 12.5. The molecule has 1 unspecified atom stereocenters. The van der Waals surface area contributed by atoms with E-state index >= 15 is 0 Å². The van der Waals surface area contributed by atoms with Crippen molar-refractivity contribution in [1.29, 1.82) is 0 Å². The molecule has 2 aromatic rings. The third-order valence-corrected chi connectivity index (χ3v) is 4.93. The first-order valence-corrected chi connectivity index (χ1v) is 9.11. The number of hydrogen-bond acceptors (Lipinski definition) is 2. The quantitative estimate of drug-likeness (QED) is 0.362. The minimum Gasteiger partial charge on any atom is -0.370 e. The summed E-state index contributed by atoms with van der Waals surface area (Å²) in [5, 5.41) is 4.18. The number of nitrogens with zero attached hydrogens (tertiary/aromatic N) is 2. The number of fused-ring (bicyclic) bond motifs is 1. The molecule has 2 aromatic carbocycles. The van der Waals surface area contributed by atoms with Crippen molar-refractivity contribution in [3.05, 3.63) is 63.6 Å². The van der Waals surface area contributed by atoms with Gasteiger partial charge in [-0.2, -0.15) is 0 Å². The van der Waals surface area contributed by atoms with E-state index in [1.165, 1.54) is 5.56 Å². The highest BCUT2D eigenvalue weighted by Crippen LogP contribution is 2.27. The van der Waals surface area contributed by atoms with Gasteiger partial charge >= 0.3 is 0 Å². The number of nitrogens with one attached hydrogen (secondary N) is 1. The normalized spacial score (nSPS) is 14.3. The summed E-state index contributed by atoms with van der Waals surface area (Å²) in [5.74, 6) is 0.126. The van der Waals surface area contributed by atoms with Crippen LogP contribution in [0.15, 0.2) is 47.5 Å². The van der Waals surface area contributed by atoms with Crippen LogP contribution in [0.25, 0.3) is 0 Å². The van der Waals surface area contributed by atoms with E-state index in [0.717, 1.165) is 17.7 Å². The minimum absolute atomic E-state index is 0. The van der Waals surface area contributed by atoms with Gasteiger partial charge in [-0.3, -0.25) is 4.79 Å². The molecule has 0 saturated heterocycles. The van der Waals surface area contributed by atoms with Crippen LogP contribution in [0.2, 0.25) is 10.0 Å². The summed E-state index contributed by atoms with van der Waals surface area (Å²) in [6, 6.07) is 13.0. The number of nitrogens with two attached hydrogens (primary N) is 1. The van der Waals surface area contributed by atoms with Crippen LogP contribution >= 0.6 is 47.2 Å². The number of para-hydroxylation sites is 1. The molecule has 0 bridgehead atoms. The van der Waals surface area contributed by atoms with Crippen LogP contribution in [0, 0.1) is 0 Å². The van der Waals surface area contributed by atoms with E-state index in [-0.39, 0.29) is 48.4 Å². The van der Waals surface area contributed by atoms with Crippen LogP contribution in [0.3, 0.4) is 0 Å². The largest absolute Gasteiger partial charge is 0.370 e. The number of hydrogen-bond donors (Lipinski definition) is 2. The van der Waals surface area contributed by atoms with Crippen LogP contribution in [-0.2, 0) is 11.2 Å². The number of benzene rings is 2. The zero-order chi connectivity index (χ0) is 18.7. The first kappa shape index (κ1) is 21.8. The molecule has 1 atom stereocenters. The summed E-state index contributed by atoms with van der Waals surface area (Å²) in [6.07, 6.45) is 0.867. The Bertz CT molecular complexity index is 859. The van der Waals surface area contributed by atoms with E-state index in [2.05, 4.69) is 10.3 Å². The zero-order valence-corrected chi connectivity index (χ0v) is 18.6. The van der Waals surface area contributed by atoms with Gasteiger partial charge in [0.1, 0.15) is 6.54 Å². The molecule has 0 radical (unpaired) electrons. The monoisotopic (exact) mass is 518 g/mol. The molecular weight excluding hydrogens is 498 g/mol. The van der Waals surface area contributed by atoms with Crippen molar-refractivity contribution >= 4 is 64.7 Å². The van der Waals surface area contributed by atoms with E-state index in [4.69, 9.17) is 28.9 Å². The highest BCUT2D eigenvalue weighted by molar-refractivity contribution is 14.0. The predicted octanol–water partition coefficient (Wildman–Crippen LogP) is 4.17. The standard InChI is InChI=1S/C19H20Cl2N4O.HI/c1-12(15-7-6-14(20)10-16(15)21)24-19(22)23-11-18(26)25-9-8-13-4-2-3-5-17(13)25;/h2-7,10,12H,8-9,11H2,1H3,(H3,22,23,24);1H.